The average Bonchev–Trinajstić information content (AvgIpc) is 2.68. The van der Waals surface area contributed by atoms with Gasteiger partial charge in [0.2, 0.25) is 0 Å². The van der Waals surface area contributed by atoms with Crippen LogP contribution in [0.25, 0.3) is 0 Å². The molecule has 0 fully saturated rings. The second-order valence-corrected chi connectivity index (χ2v) is 7.69. The van der Waals surface area contributed by atoms with Gasteiger partial charge in [-0.15, -0.1) is 0 Å². The number of methoxy groups -OCH3 is 2. The van der Waals surface area contributed by atoms with Crippen molar-refractivity contribution in [3.8, 4) is 0 Å². The topological polar surface area (TPSA) is 83.1 Å². The predicted octanol–water partition coefficient (Wildman–Crippen LogP) is 2.91. The summed E-state index contributed by atoms with van der Waals surface area (Å²) in [6, 6.07) is 7.68. The van der Waals surface area contributed by atoms with E-state index in [1.807, 2.05) is 24.3 Å². The predicted molar refractivity (Wildman–Crippen MR) is 116 cm³/mol. The maximum Gasteiger partial charge on any atom is 0.336 e. The Hall–Kier alpha value is -1.91. The molecule has 7 nitrogen and oxygen atoms in total. The number of ether oxygens (including phenoxy) is 4. The molecule has 0 radical (unpaired) electrons. The number of rotatable bonds is 9. The molecule has 1 aromatic carbocycles. The monoisotopic (exact) mass is 515 g/mol. The SMILES string of the molecule is COCCOC(=O)C1=C(C)NC(C)=C(C(=O)OCCOC)C1c1ccc(I)cc1. The van der Waals surface area contributed by atoms with Gasteiger partial charge in [0.05, 0.1) is 30.3 Å². The summed E-state index contributed by atoms with van der Waals surface area (Å²) >= 11 is 2.21. The number of carbonyl (C=O) groups is 2. The molecule has 1 aliphatic heterocycles. The van der Waals surface area contributed by atoms with Crippen molar-refractivity contribution in [3.63, 3.8) is 0 Å². The van der Waals surface area contributed by atoms with Crippen molar-refractivity contribution in [2.24, 2.45) is 0 Å². The number of carbonyl (C=O) groups excluding carboxylic acids is 2. The third kappa shape index (κ3) is 6.03. The standard InChI is InChI=1S/C21H26INO6/c1-13-17(20(24)28-11-9-26-3)19(15-5-7-16(22)8-6-15)18(14(2)23-13)21(25)29-12-10-27-4/h5-8,19,23H,9-12H2,1-4H3. The van der Waals surface area contributed by atoms with Crippen LogP contribution in [0.4, 0.5) is 0 Å². The second kappa shape index (κ2) is 11.3. The fourth-order valence-electron chi connectivity index (χ4n) is 3.11. The Balaban J connectivity index is 2.45. The molecule has 0 bridgehead atoms. The molecule has 0 saturated carbocycles. The van der Waals surface area contributed by atoms with Crippen LogP contribution in [0, 0.1) is 3.57 Å². The van der Waals surface area contributed by atoms with E-state index in [1.165, 1.54) is 14.2 Å². The van der Waals surface area contributed by atoms with Gasteiger partial charge in [0, 0.05) is 29.2 Å². The summed E-state index contributed by atoms with van der Waals surface area (Å²) in [4.78, 5) is 25.8. The Labute approximate surface area is 184 Å². The minimum atomic E-state index is -0.599. The first-order valence-corrected chi connectivity index (χ1v) is 10.2. The maximum atomic E-state index is 12.9. The van der Waals surface area contributed by atoms with Crippen molar-refractivity contribution < 1.29 is 28.5 Å². The molecule has 0 aliphatic carbocycles. The van der Waals surface area contributed by atoms with Crippen LogP contribution in [-0.2, 0) is 28.5 Å². The van der Waals surface area contributed by atoms with E-state index in [-0.39, 0.29) is 13.2 Å². The van der Waals surface area contributed by atoms with Gasteiger partial charge in [0.25, 0.3) is 0 Å². The summed E-state index contributed by atoms with van der Waals surface area (Å²) in [5, 5.41) is 3.13. The van der Waals surface area contributed by atoms with Crippen LogP contribution in [0.2, 0.25) is 0 Å². The lowest BCUT2D eigenvalue weighted by molar-refractivity contribution is -0.141. The molecule has 2 rings (SSSR count). The number of esters is 2. The number of benzene rings is 1. The van der Waals surface area contributed by atoms with Crippen LogP contribution in [0.15, 0.2) is 46.8 Å². The van der Waals surface area contributed by atoms with Crippen molar-refractivity contribution in [3.05, 3.63) is 55.9 Å². The third-order valence-corrected chi connectivity index (χ3v) is 5.16. The van der Waals surface area contributed by atoms with Gasteiger partial charge in [0.1, 0.15) is 13.2 Å². The Bertz CT molecular complexity index is 756. The number of nitrogens with one attached hydrogen (secondary N) is 1. The summed E-state index contributed by atoms with van der Waals surface area (Å²) in [6.45, 7) is 4.43. The Morgan fingerprint density at radius 1 is 0.862 bits per heavy atom. The lowest BCUT2D eigenvalue weighted by atomic mass is 9.80. The summed E-state index contributed by atoms with van der Waals surface area (Å²) in [5.41, 5.74) is 2.85. The fourth-order valence-corrected chi connectivity index (χ4v) is 3.47. The van der Waals surface area contributed by atoms with Gasteiger partial charge in [-0.05, 0) is 54.1 Å². The van der Waals surface area contributed by atoms with Gasteiger partial charge < -0.3 is 24.3 Å². The molecule has 0 aromatic heterocycles. The van der Waals surface area contributed by atoms with Crippen LogP contribution < -0.4 is 5.32 Å². The highest BCUT2D eigenvalue weighted by molar-refractivity contribution is 14.1. The molecule has 0 saturated heterocycles. The van der Waals surface area contributed by atoms with E-state index in [4.69, 9.17) is 18.9 Å². The maximum absolute atomic E-state index is 12.9. The van der Waals surface area contributed by atoms with E-state index in [0.29, 0.717) is 35.8 Å². The van der Waals surface area contributed by atoms with Gasteiger partial charge in [-0.25, -0.2) is 9.59 Å². The van der Waals surface area contributed by atoms with Crippen LogP contribution in [0.1, 0.15) is 25.3 Å². The fraction of sp³-hybridized carbons (Fsp3) is 0.429. The first-order valence-electron chi connectivity index (χ1n) is 9.16. The summed E-state index contributed by atoms with van der Waals surface area (Å²) in [5.74, 6) is -1.59. The number of hydrogen-bond acceptors (Lipinski definition) is 7. The molecular weight excluding hydrogens is 489 g/mol. The van der Waals surface area contributed by atoms with E-state index >= 15 is 0 Å². The Morgan fingerprint density at radius 3 is 1.72 bits per heavy atom. The van der Waals surface area contributed by atoms with Gasteiger partial charge in [-0.2, -0.15) is 0 Å². The van der Waals surface area contributed by atoms with Crippen LogP contribution in [0.5, 0.6) is 0 Å². The van der Waals surface area contributed by atoms with Gasteiger partial charge in [-0.1, -0.05) is 12.1 Å². The van der Waals surface area contributed by atoms with Crippen molar-refractivity contribution in [1.29, 1.82) is 0 Å². The van der Waals surface area contributed by atoms with Crippen LogP contribution in [-0.4, -0.2) is 52.6 Å². The molecule has 1 N–H and O–H groups in total. The van der Waals surface area contributed by atoms with Crippen LogP contribution in [0.3, 0.4) is 0 Å². The molecule has 8 heteroatoms. The van der Waals surface area contributed by atoms with E-state index in [9.17, 15) is 9.59 Å². The molecule has 0 atom stereocenters. The third-order valence-electron chi connectivity index (χ3n) is 4.44. The molecular formula is C21H26INO6. The summed E-state index contributed by atoms with van der Waals surface area (Å²) in [7, 11) is 3.07. The molecule has 0 amide bonds. The minimum Gasteiger partial charge on any atom is -0.460 e. The highest BCUT2D eigenvalue weighted by Gasteiger charge is 2.38. The number of halogens is 1. The van der Waals surface area contributed by atoms with Gasteiger partial charge in [0.15, 0.2) is 0 Å². The zero-order chi connectivity index (χ0) is 21.4. The molecule has 1 aliphatic rings. The Kier molecular flexibility index (Phi) is 9.12. The van der Waals surface area contributed by atoms with E-state index < -0.39 is 17.9 Å². The lowest BCUT2D eigenvalue weighted by Gasteiger charge is -2.30. The van der Waals surface area contributed by atoms with Crippen molar-refractivity contribution in [2.75, 3.05) is 40.6 Å². The van der Waals surface area contributed by atoms with Crippen LogP contribution >= 0.6 is 22.6 Å². The molecule has 29 heavy (non-hydrogen) atoms. The molecule has 158 valence electrons. The van der Waals surface area contributed by atoms with Crippen molar-refractivity contribution in [1.82, 2.24) is 5.32 Å². The second-order valence-electron chi connectivity index (χ2n) is 6.44. The highest BCUT2D eigenvalue weighted by atomic mass is 127. The van der Waals surface area contributed by atoms with Crippen molar-refractivity contribution in [2.45, 2.75) is 19.8 Å². The zero-order valence-corrected chi connectivity index (χ0v) is 19.2. The number of hydrogen-bond donors (Lipinski definition) is 1. The van der Waals surface area contributed by atoms with Gasteiger partial charge >= 0.3 is 11.9 Å². The quantitative estimate of drug-likeness (QED) is 0.308. The van der Waals surface area contributed by atoms with E-state index in [1.54, 1.807) is 13.8 Å². The first kappa shape index (κ1) is 23.4. The van der Waals surface area contributed by atoms with E-state index in [2.05, 4.69) is 27.9 Å². The number of dihydropyridines is 1. The molecule has 0 unspecified atom stereocenters. The van der Waals surface area contributed by atoms with E-state index in [0.717, 1.165) is 9.13 Å². The van der Waals surface area contributed by atoms with Gasteiger partial charge in [-0.3, -0.25) is 0 Å². The molecule has 1 aromatic rings. The number of allylic oxidation sites excluding steroid dienone is 2. The van der Waals surface area contributed by atoms with Crippen molar-refractivity contribution >= 4 is 34.5 Å². The molecule has 1 heterocycles. The smallest absolute Gasteiger partial charge is 0.336 e. The summed E-state index contributed by atoms with van der Waals surface area (Å²) < 4.78 is 21.7. The molecule has 0 spiro atoms. The lowest BCUT2D eigenvalue weighted by Crippen LogP contribution is -2.33. The Morgan fingerprint density at radius 2 is 1.31 bits per heavy atom. The first-order chi connectivity index (χ1) is 13.9. The largest absolute Gasteiger partial charge is 0.460 e. The average molecular weight is 515 g/mol. The minimum absolute atomic E-state index is 0.127. The highest BCUT2D eigenvalue weighted by Crippen LogP contribution is 2.39. The normalized spacial score (nSPS) is 14.7. The zero-order valence-electron chi connectivity index (χ0n) is 17.0. The summed E-state index contributed by atoms with van der Waals surface area (Å²) in [6.07, 6.45) is 0.